The Morgan fingerprint density at radius 2 is 1.02 bits per heavy atom. The van der Waals surface area contributed by atoms with E-state index in [1.165, 1.54) is 19.6 Å². The molecular weight excluding hydrogens is 641 g/mol. The average Bonchev–Trinajstić information content (AvgIpc) is 3.47. The van der Waals surface area contributed by atoms with Crippen LogP contribution in [0.4, 0.5) is 11.4 Å². The van der Waals surface area contributed by atoms with Crippen LogP contribution in [0.3, 0.4) is 0 Å². The molecule has 2 fully saturated rings. The Morgan fingerprint density at radius 3 is 1.36 bits per heavy atom. The van der Waals surface area contributed by atoms with Crippen molar-refractivity contribution in [2.75, 3.05) is 49.2 Å². The van der Waals surface area contributed by atoms with Gasteiger partial charge in [-0.15, -0.1) is 0 Å². The first-order valence-corrected chi connectivity index (χ1v) is 16.5. The fourth-order valence-corrected chi connectivity index (χ4v) is 7.49. The molecule has 232 valence electrons. The minimum atomic E-state index is -0.402. The van der Waals surface area contributed by atoms with Gasteiger partial charge in [0.15, 0.2) is 0 Å². The molecule has 0 aromatic heterocycles. The Balaban J connectivity index is 1.33. The van der Waals surface area contributed by atoms with E-state index in [4.69, 9.17) is 24.4 Å². The van der Waals surface area contributed by atoms with Crippen LogP contribution in [-0.4, -0.2) is 91.7 Å². The lowest BCUT2D eigenvalue weighted by molar-refractivity contribution is -0.125. The summed E-state index contributed by atoms with van der Waals surface area (Å²) in [6.45, 7) is 0.368. The molecule has 0 spiro atoms. The SMILES string of the molecule is O=C1C(=C2SC(=S)N(CCCC(=O)N(CCO)c3ccccc3)C2=O)SC(=S)N1CCCC(=O)N(CCO)c1ccccc1. The largest absolute Gasteiger partial charge is 0.395 e. The minimum absolute atomic E-state index is 0.141. The van der Waals surface area contributed by atoms with Gasteiger partial charge < -0.3 is 20.0 Å². The van der Waals surface area contributed by atoms with Gasteiger partial charge in [-0.25, -0.2) is 0 Å². The molecule has 0 unspecified atom stereocenters. The number of hydrogen-bond donors (Lipinski definition) is 2. The van der Waals surface area contributed by atoms with E-state index < -0.39 is 11.8 Å². The number of amides is 4. The highest BCUT2D eigenvalue weighted by Crippen LogP contribution is 2.42. The van der Waals surface area contributed by atoms with Crippen LogP contribution in [0, 0.1) is 0 Å². The first-order chi connectivity index (χ1) is 21.3. The summed E-state index contributed by atoms with van der Waals surface area (Å²) < 4.78 is 0.599. The van der Waals surface area contributed by atoms with Gasteiger partial charge in [0, 0.05) is 50.4 Å². The van der Waals surface area contributed by atoms with Crippen LogP contribution in [-0.2, 0) is 19.2 Å². The summed E-state index contributed by atoms with van der Waals surface area (Å²) in [6.07, 6.45) is 0.974. The van der Waals surface area contributed by atoms with Gasteiger partial charge in [0.25, 0.3) is 11.8 Å². The first kappa shape index (κ1) is 33.7. The second kappa shape index (κ2) is 16.3. The zero-order chi connectivity index (χ0) is 31.6. The van der Waals surface area contributed by atoms with Gasteiger partial charge >= 0.3 is 0 Å². The molecule has 44 heavy (non-hydrogen) atoms. The van der Waals surface area contributed by atoms with Gasteiger partial charge in [-0.2, -0.15) is 0 Å². The molecule has 2 aliphatic heterocycles. The fraction of sp³-hybridized carbons (Fsp3) is 0.333. The highest BCUT2D eigenvalue weighted by atomic mass is 32.2. The summed E-state index contributed by atoms with van der Waals surface area (Å²) in [7, 11) is 0. The van der Waals surface area contributed by atoms with E-state index in [1.54, 1.807) is 24.3 Å². The summed E-state index contributed by atoms with van der Waals surface area (Å²) in [4.78, 5) is 58.6. The molecule has 2 N–H and O–H groups in total. The Labute approximate surface area is 275 Å². The second-order valence-electron chi connectivity index (χ2n) is 9.72. The Kier molecular flexibility index (Phi) is 12.5. The van der Waals surface area contributed by atoms with Crippen molar-refractivity contribution in [3.8, 4) is 0 Å². The minimum Gasteiger partial charge on any atom is -0.395 e. The first-order valence-electron chi connectivity index (χ1n) is 14.0. The number of rotatable bonds is 14. The molecule has 2 aromatic rings. The van der Waals surface area contributed by atoms with Gasteiger partial charge in [-0.1, -0.05) is 84.4 Å². The number of aliphatic hydroxyl groups excluding tert-OH is 2. The predicted molar refractivity (Wildman–Crippen MR) is 181 cm³/mol. The van der Waals surface area contributed by atoms with Crippen molar-refractivity contribution in [3.05, 3.63) is 70.5 Å². The zero-order valence-corrected chi connectivity index (χ0v) is 27.1. The Hall–Kier alpha value is -3.14. The van der Waals surface area contributed by atoms with Crippen molar-refractivity contribution < 1.29 is 29.4 Å². The molecule has 10 nitrogen and oxygen atoms in total. The van der Waals surface area contributed by atoms with Crippen LogP contribution in [0.1, 0.15) is 25.7 Å². The summed E-state index contributed by atoms with van der Waals surface area (Å²) in [6, 6.07) is 18.1. The normalized spacial score (nSPS) is 16.7. The van der Waals surface area contributed by atoms with E-state index in [-0.39, 0.29) is 73.9 Å². The average molecular weight is 673 g/mol. The van der Waals surface area contributed by atoms with Crippen molar-refractivity contribution in [2.45, 2.75) is 25.7 Å². The molecule has 0 radical (unpaired) electrons. The summed E-state index contributed by atoms with van der Waals surface area (Å²) >= 11 is 13.0. The molecule has 0 bridgehead atoms. The Bertz CT molecular complexity index is 1330. The molecule has 2 heterocycles. The quantitative estimate of drug-likeness (QED) is 0.228. The predicted octanol–water partition coefficient (Wildman–Crippen LogP) is 3.53. The maximum atomic E-state index is 13.3. The number of thiocarbonyl (C=S) groups is 2. The zero-order valence-electron chi connectivity index (χ0n) is 23.8. The molecule has 2 saturated heterocycles. The number of benzene rings is 2. The molecule has 2 aromatic carbocycles. The van der Waals surface area contributed by atoms with Gasteiger partial charge in [0.05, 0.1) is 23.0 Å². The van der Waals surface area contributed by atoms with Crippen molar-refractivity contribution in [3.63, 3.8) is 0 Å². The lowest BCUT2D eigenvalue weighted by Crippen LogP contribution is -2.35. The molecule has 4 rings (SSSR count). The van der Waals surface area contributed by atoms with Crippen LogP contribution in [0.2, 0.25) is 0 Å². The third kappa shape index (κ3) is 8.11. The number of aliphatic hydroxyl groups is 2. The number of thioether (sulfide) groups is 2. The molecule has 14 heteroatoms. The number of carbonyl (C=O) groups is 4. The maximum Gasteiger partial charge on any atom is 0.267 e. The van der Waals surface area contributed by atoms with Crippen LogP contribution in [0.25, 0.3) is 0 Å². The highest BCUT2D eigenvalue weighted by molar-refractivity contribution is 8.29. The van der Waals surface area contributed by atoms with E-state index in [2.05, 4.69) is 0 Å². The van der Waals surface area contributed by atoms with E-state index >= 15 is 0 Å². The van der Waals surface area contributed by atoms with Gasteiger partial charge in [0.1, 0.15) is 8.64 Å². The van der Waals surface area contributed by atoms with Gasteiger partial charge in [-0.05, 0) is 37.1 Å². The number of para-hydroxylation sites is 2. The fourth-order valence-electron chi connectivity index (χ4n) is 4.71. The maximum absolute atomic E-state index is 13.3. The van der Waals surface area contributed by atoms with Crippen molar-refractivity contribution in [2.24, 2.45) is 0 Å². The summed E-state index contributed by atoms with van der Waals surface area (Å²) in [5.41, 5.74) is 1.37. The molecule has 0 atom stereocenters. The lowest BCUT2D eigenvalue weighted by Gasteiger charge is -2.22. The number of hydrogen-bond acceptors (Lipinski definition) is 10. The molecular formula is C30H32N4O6S4. The Morgan fingerprint density at radius 1 is 0.659 bits per heavy atom. The smallest absolute Gasteiger partial charge is 0.267 e. The van der Waals surface area contributed by atoms with Gasteiger partial charge in [0.2, 0.25) is 11.8 Å². The van der Waals surface area contributed by atoms with Crippen molar-refractivity contribution in [1.29, 1.82) is 0 Å². The highest BCUT2D eigenvalue weighted by Gasteiger charge is 2.41. The van der Waals surface area contributed by atoms with E-state index in [0.29, 0.717) is 32.9 Å². The topological polar surface area (TPSA) is 122 Å². The molecule has 0 aliphatic carbocycles. The number of anilines is 2. The lowest BCUT2D eigenvalue weighted by atomic mass is 10.2. The van der Waals surface area contributed by atoms with Crippen LogP contribution in [0.5, 0.6) is 0 Å². The van der Waals surface area contributed by atoms with E-state index in [1.807, 2.05) is 36.4 Å². The van der Waals surface area contributed by atoms with Crippen LogP contribution in [0.15, 0.2) is 70.5 Å². The molecule has 4 amide bonds. The number of nitrogens with zero attached hydrogens (tertiary/aromatic N) is 4. The summed E-state index contributed by atoms with van der Waals surface area (Å²) in [5.74, 6) is -1.17. The van der Waals surface area contributed by atoms with Crippen LogP contribution >= 0.6 is 48.0 Å². The molecule has 2 aliphatic rings. The van der Waals surface area contributed by atoms with E-state index in [0.717, 1.165) is 23.5 Å². The monoisotopic (exact) mass is 672 g/mol. The van der Waals surface area contributed by atoms with Crippen LogP contribution < -0.4 is 9.80 Å². The third-order valence-corrected chi connectivity index (χ3v) is 9.86. The second-order valence-corrected chi connectivity index (χ2v) is 13.0. The van der Waals surface area contributed by atoms with E-state index in [9.17, 15) is 29.4 Å². The van der Waals surface area contributed by atoms with Crippen molar-refractivity contribution in [1.82, 2.24) is 9.80 Å². The molecule has 0 saturated carbocycles. The van der Waals surface area contributed by atoms with Gasteiger partial charge in [-0.3, -0.25) is 29.0 Å². The van der Waals surface area contributed by atoms with Crippen molar-refractivity contribution >= 4 is 91.6 Å². The summed E-state index contributed by atoms with van der Waals surface area (Å²) in [5, 5.41) is 18.8. The third-order valence-electron chi connectivity index (χ3n) is 6.83. The number of carbonyl (C=O) groups excluding carboxylic acids is 4. The standard InChI is InChI=1S/C30H32N4O6S4/c35-19-17-31(21-9-3-1-4-10-21)23(37)13-7-15-33-27(39)25(43-29(33)41)26-28(40)34(30(42)44-26)16-8-14-24(38)32(18-20-36)22-11-5-2-6-12-22/h1-6,9-12,35-36H,7-8,13-20H2.